The molecule has 0 fully saturated rings. The van der Waals surface area contributed by atoms with Crippen LogP contribution < -0.4 is 0 Å². The first-order valence-electron chi connectivity index (χ1n) is 2.55. The zero-order valence-corrected chi connectivity index (χ0v) is 7.67. The molecule has 0 bridgehead atoms. The van der Waals surface area contributed by atoms with Crippen LogP contribution in [0.25, 0.3) is 0 Å². The van der Waals surface area contributed by atoms with Crippen LogP contribution in [0, 0.1) is 6.92 Å². The van der Waals surface area contributed by atoms with Gasteiger partial charge in [0.15, 0.2) is 0 Å². The van der Waals surface area contributed by atoms with Crippen LogP contribution in [-0.2, 0) is 0 Å². The molecule has 0 amide bonds. The number of hydrogen-bond donors (Lipinski definition) is 1. The van der Waals surface area contributed by atoms with Crippen molar-refractivity contribution in [3.63, 3.8) is 0 Å². The van der Waals surface area contributed by atoms with Gasteiger partial charge in [-0.25, -0.2) is 0 Å². The Morgan fingerprint density at radius 1 is 1.33 bits per heavy atom. The summed E-state index contributed by atoms with van der Waals surface area (Å²) in [6.07, 6.45) is 0. The van der Waals surface area contributed by atoms with E-state index in [1.807, 2.05) is 25.1 Å². The van der Waals surface area contributed by atoms with Gasteiger partial charge in [-0.1, -0.05) is 18.2 Å². The van der Waals surface area contributed by atoms with Crippen molar-refractivity contribution in [3.05, 3.63) is 29.8 Å². The number of phenolic OH excluding ortho intramolecular Hbond substituents is 1. The first kappa shape index (κ1) is 9.28. The van der Waals surface area contributed by atoms with Crippen LogP contribution in [0.4, 0.5) is 0 Å². The van der Waals surface area contributed by atoms with E-state index in [0.717, 1.165) is 5.56 Å². The van der Waals surface area contributed by atoms with E-state index in [4.69, 9.17) is 5.11 Å². The summed E-state index contributed by atoms with van der Waals surface area (Å²) in [6, 6.07) is 7.25. The minimum atomic E-state index is 0. The second kappa shape index (κ2) is 4.15. The summed E-state index contributed by atoms with van der Waals surface area (Å²) in [5.74, 6) is 0.368. The largest absolute Gasteiger partial charge is 2.00 e. The van der Waals surface area contributed by atoms with Gasteiger partial charge in [0.25, 0.3) is 0 Å². The van der Waals surface area contributed by atoms with Gasteiger partial charge in [0.2, 0.25) is 0 Å². The van der Waals surface area contributed by atoms with Gasteiger partial charge in [-0.3, -0.25) is 0 Å². The first-order chi connectivity index (χ1) is 3.80. The van der Waals surface area contributed by atoms with Crippen molar-refractivity contribution in [1.82, 2.24) is 0 Å². The molecule has 0 radical (unpaired) electrons. The Kier molecular flexibility index (Phi) is 4.28. The van der Waals surface area contributed by atoms with Crippen LogP contribution >= 0.6 is 0 Å². The topological polar surface area (TPSA) is 20.2 Å². The number of aryl methyl sites for hydroxylation is 1. The van der Waals surface area contributed by atoms with Crippen LogP contribution in [-0.4, -0.2) is 42.8 Å². The molecule has 0 aliphatic carbocycles. The predicted molar refractivity (Wildman–Crippen MR) is 40.8 cm³/mol. The third kappa shape index (κ3) is 2.57. The molecule has 0 unspecified atom stereocenters. The fourth-order valence-corrected chi connectivity index (χ4v) is 0.563. The van der Waals surface area contributed by atoms with Crippen molar-refractivity contribution in [2.24, 2.45) is 0 Å². The fourth-order valence-electron chi connectivity index (χ4n) is 0.563. The van der Waals surface area contributed by atoms with Crippen LogP contribution in [0.3, 0.4) is 0 Å². The Hall–Kier alpha value is 0.280. The van der Waals surface area contributed by atoms with Gasteiger partial charge in [-0.15, -0.1) is 0 Å². The maximum Gasteiger partial charge on any atom is 2.00 e. The minimum Gasteiger partial charge on any atom is -1.00 e. The summed E-state index contributed by atoms with van der Waals surface area (Å²) in [7, 11) is 0. The third-order valence-corrected chi connectivity index (χ3v) is 1.12. The molecule has 9 heavy (non-hydrogen) atoms. The van der Waals surface area contributed by atoms with Crippen molar-refractivity contribution in [1.29, 1.82) is 0 Å². The summed E-state index contributed by atoms with van der Waals surface area (Å²) in [5, 5.41) is 8.92. The van der Waals surface area contributed by atoms with Gasteiger partial charge >= 0.3 is 37.7 Å². The predicted octanol–water partition coefficient (Wildman–Crippen LogP) is 1.54. The summed E-state index contributed by atoms with van der Waals surface area (Å²) in [6.45, 7) is 1.87. The van der Waals surface area contributed by atoms with Gasteiger partial charge < -0.3 is 7.96 Å². The van der Waals surface area contributed by atoms with E-state index in [9.17, 15) is 0 Å². The van der Waals surface area contributed by atoms with E-state index in [1.54, 1.807) is 6.07 Å². The SMILES string of the molecule is Cc1ccccc1O.[Ca+2].[H-].[H-]. The van der Waals surface area contributed by atoms with Gasteiger partial charge in [0.1, 0.15) is 5.75 Å². The molecule has 0 saturated carbocycles. The van der Waals surface area contributed by atoms with Crippen LogP contribution in [0.5, 0.6) is 5.75 Å². The van der Waals surface area contributed by atoms with Gasteiger partial charge in [-0.05, 0) is 18.6 Å². The molecule has 0 aliphatic rings. The maximum atomic E-state index is 8.92. The minimum absolute atomic E-state index is 0. The second-order valence-electron chi connectivity index (χ2n) is 1.79. The zero-order chi connectivity index (χ0) is 5.98. The third-order valence-electron chi connectivity index (χ3n) is 1.12. The maximum absolute atomic E-state index is 8.92. The Morgan fingerprint density at radius 2 is 1.89 bits per heavy atom. The number of aromatic hydroxyl groups is 1. The molecule has 0 atom stereocenters. The summed E-state index contributed by atoms with van der Waals surface area (Å²) in [4.78, 5) is 0. The fraction of sp³-hybridized carbons (Fsp3) is 0.143. The van der Waals surface area contributed by atoms with E-state index < -0.39 is 0 Å². The van der Waals surface area contributed by atoms with Gasteiger partial charge in [0, 0.05) is 0 Å². The van der Waals surface area contributed by atoms with E-state index in [0.29, 0.717) is 5.75 Å². The van der Waals surface area contributed by atoms with E-state index in [2.05, 4.69) is 0 Å². The Balaban J connectivity index is -0.000000213. The molecule has 0 heterocycles. The quantitative estimate of drug-likeness (QED) is 0.556. The molecular formula is C7H10CaO. The molecule has 1 N–H and O–H groups in total. The molecule has 1 aromatic carbocycles. The smallest absolute Gasteiger partial charge is 1.00 e. The number of benzene rings is 1. The normalized spacial score (nSPS) is 8.11. The van der Waals surface area contributed by atoms with Gasteiger partial charge in [-0.2, -0.15) is 0 Å². The Morgan fingerprint density at radius 3 is 2.22 bits per heavy atom. The van der Waals surface area contributed by atoms with Crippen molar-refractivity contribution in [3.8, 4) is 5.75 Å². The standard InChI is InChI=1S/C7H8O.Ca.2H/c1-6-4-2-3-5-7(6)8;;;/h2-5,8H,1H3;;;/q;+2;2*-1. The Labute approximate surface area is 87.7 Å². The number of phenols is 1. The van der Waals surface area contributed by atoms with Crippen LogP contribution in [0.15, 0.2) is 24.3 Å². The molecular weight excluding hydrogens is 140 g/mol. The van der Waals surface area contributed by atoms with Gasteiger partial charge in [0.05, 0.1) is 0 Å². The average molecular weight is 150 g/mol. The molecule has 0 saturated heterocycles. The first-order valence-corrected chi connectivity index (χ1v) is 2.55. The summed E-state index contributed by atoms with van der Waals surface area (Å²) < 4.78 is 0. The molecule has 0 aliphatic heterocycles. The van der Waals surface area contributed by atoms with E-state index in [-0.39, 0.29) is 40.6 Å². The molecule has 2 heteroatoms. The number of para-hydroxylation sites is 1. The number of rotatable bonds is 0. The van der Waals surface area contributed by atoms with E-state index in [1.165, 1.54) is 0 Å². The average Bonchev–Trinajstić information content (AvgIpc) is 1.77. The molecule has 1 aromatic rings. The number of hydrogen-bond acceptors (Lipinski definition) is 1. The van der Waals surface area contributed by atoms with E-state index >= 15 is 0 Å². The Bertz CT molecular complexity index is 173. The van der Waals surface area contributed by atoms with Crippen LogP contribution in [0.1, 0.15) is 8.42 Å². The molecule has 0 aromatic heterocycles. The molecule has 0 spiro atoms. The van der Waals surface area contributed by atoms with Crippen LogP contribution in [0.2, 0.25) is 0 Å². The second-order valence-corrected chi connectivity index (χ2v) is 1.79. The van der Waals surface area contributed by atoms with Crippen molar-refractivity contribution in [2.75, 3.05) is 0 Å². The van der Waals surface area contributed by atoms with Crippen molar-refractivity contribution >= 4 is 37.7 Å². The molecule has 46 valence electrons. The molecule has 1 nitrogen and oxygen atoms in total. The zero-order valence-electron chi connectivity index (χ0n) is 7.46. The summed E-state index contributed by atoms with van der Waals surface area (Å²) >= 11 is 0. The monoisotopic (exact) mass is 150 g/mol. The summed E-state index contributed by atoms with van der Waals surface area (Å²) in [5.41, 5.74) is 0.924. The van der Waals surface area contributed by atoms with Crippen molar-refractivity contribution < 1.29 is 7.96 Å². The molecule has 1 rings (SSSR count). The van der Waals surface area contributed by atoms with Crippen molar-refractivity contribution in [2.45, 2.75) is 6.92 Å².